The summed E-state index contributed by atoms with van der Waals surface area (Å²) in [5, 5.41) is 4.24. The molecule has 4 aliphatic rings. The Hall–Kier alpha value is -4.54. The van der Waals surface area contributed by atoms with Gasteiger partial charge in [-0.3, -0.25) is 33.6 Å². The van der Waals surface area contributed by atoms with Gasteiger partial charge in [-0.1, -0.05) is 18.2 Å². The van der Waals surface area contributed by atoms with Crippen molar-refractivity contribution in [2.24, 2.45) is 0 Å². The highest BCUT2D eigenvalue weighted by atomic mass is 32.2. The molecule has 1 unspecified atom stereocenters. The number of fused-ring (bicyclic) bond motifs is 1. The van der Waals surface area contributed by atoms with Gasteiger partial charge in [-0.25, -0.2) is 17.6 Å². The molecule has 1 aliphatic carbocycles. The average molecular weight is 678 g/mol. The molecule has 1 saturated carbocycles. The number of esters is 1. The molecule has 3 fully saturated rings. The van der Waals surface area contributed by atoms with Crippen molar-refractivity contribution in [2.45, 2.75) is 87.6 Å². The minimum atomic E-state index is -3.95. The molecule has 17 heteroatoms. The molecule has 0 bridgehead atoms. The highest BCUT2D eigenvalue weighted by Gasteiger charge is 2.47. The number of nitrogens with zero attached hydrogens (tertiary/aromatic N) is 2. The van der Waals surface area contributed by atoms with Crippen LogP contribution in [0.25, 0.3) is 0 Å². The maximum atomic E-state index is 14.3. The third-order valence-electron chi connectivity index (χ3n) is 8.58. The Labute approximate surface area is 270 Å². The van der Waals surface area contributed by atoms with Crippen LogP contribution in [-0.4, -0.2) is 96.0 Å². The van der Waals surface area contributed by atoms with Gasteiger partial charge in [-0.15, -0.1) is 6.58 Å². The number of sulfonamides is 1. The molecular formula is C30H36FN5O10S. The first-order valence-electron chi connectivity index (χ1n) is 15.2. The number of ether oxygens (including phenoxy) is 2. The summed E-state index contributed by atoms with van der Waals surface area (Å²) >= 11 is 0. The molecule has 1 aromatic rings. The topological polar surface area (TPSA) is 198 Å². The number of amides is 5. The van der Waals surface area contributed by atoms with Gasteiger partial charge in [0.15, 0.2) is 6.10 Å². The molecule has 3 N–H and O–H groups in total. The van der Waals surface area contributed by atoms with Crippen LogP contribution in [0.2, 0.25) is 0 Å². The molecule has 0 spiro atoms. The number of hydrogen-bond donors (Lipinski definition) is 3. The fourth-order valence-corrected chi connectivity index (χ4v) is 7.18. The lowest BCUT2D eigenvalue weighted by molar-refractivity contribution is -0.148. The Bertz CT molecular complexity index is 1620. The Balaban J connectivity index is 1.29. The van der Waals surface area contributed by atoms with E-state index in [4.69, 9.17) is 9.47 Å². The van der Waals surface area contributed by atoms with E-state index in [2.05, 4.69) is 17.2 Å². The Morgan fingerprint density at radius 3 is 2.53 bits per heavy atom. The van der Waals surface area contributed by atoms with E-state index >= 15 is 0 Å². The first-order valence-corrected chi connectivity index (χ1v) is 16.7. The Morgan fingerprint density at radius 2 is 1.89 bits per heavy atom. The highest BCUT2D eigenvalue weighted by molar-refractivity contribution is 7.90. The van der Waals surface area contributed by atoms with Crippen LogP contribution in [0.4, 0.5) is 9.18 Å². The number of cyclic esters (lactones) is 1. The normalized spacial score (nSPS) is 23.3. The van der Waals surface area contributed by atoms with Crippen LogP contribution in [0.1, 0.15) is 56.6 Å². The van der Waals surface area contributed by atoms with Gasteiger partial charge >= 0.3 is 12.1 Å². The molecule has 2 saturated heterocycles. The number of hydrogen-bond acceptors (Lipinski definition) is 10. The van der Waals surface area contributed by atoms with Crippen LogP contribution in [0, 0.1) is 5.82 Å². The molecule has 15 nitrogen and oxygen atoms in total. The zero-order valence-corrected chi connectivity index (χ0v) is 26.5. The van der Waals surface area contributed by atoms with E-state index in [-0.39, 0.29) is 45.3 Å². The molecule has 1 aromatic carbocycles. The van der Waals surface area contributed by atoms with Crippen molar-refractivity contribution in [1.82, 2.24) is 25.2 Å². The molecule has 3 aliphatic heterocycles. The number of carbonyl (C=O) groups is 6. The van der Waals surface area contributed by atoms with Crippen LogP contribution in [0.15, 0.2) is 30.9 Å². The zero-order valence-electron chi connectivity index (χ0n) is 25.7. The summed E-state index contributed by atoms with van der Waals surface area (Å²) in [4.78, 5) is 79.5. The summed E-state index contributed by atoms with van der Waals surface area (Å²) in [7, 11) is -3.95. The van der Waals surface area contributed by atoms with Gasteiger partial charge in [-0.2, -0.15) is 0 Å². The van der Waals surface area contributed by atoms with Gasteiger partial charge in [0.2, 0.25) is 21.8 Å². The van der Waals surface area contributed by atoms with Gasteiger partial charge in [0.05, 0.1) is 24.9 Å². The predicted molar refractivity (Wildman–Crippen MR) is 160 cm³/mol. The molecule has 0 radical (unpaired) electrons. The maximum absolute atomic E-state index is 14.3. The van der Waals surface area contributed by atoms with Crippen molar-refractivity contribution >= 4 is 45.7 Å². The third-order valence-corrected chi connectivity index (χ3v) is 10.4. The largest absolute Gasteiger partial charge is 0.452 e. The summed E-state index contributed by atoms with van der Waals surface area (Å²) in [5.41, 5.74) is -0.803. The van der Waals surface area contributed by atoms with Crippen molar-refractivity contribution in [3.8, 4) is 0 Å². The summed E-state index contributed by atoms with van der Waals surface area (Å²) in [5.74, 6) is -4.26. The molecule has 4 atom stereocenters. The van der Waals surface area contributed by atoms with E-state index in [1.165, 1.54) is 30.0 Å². The summed E-state index contributed by atoms with van der Waals surface area (Å²) in [6, 6.07) is 3.21. The van der Waals surface area contributed by atoms with Crippen molar-refractivity contribution in [2.75, 3.05) is 13.1 Å². The van der Waals surface area contributed by atoms with Crippen LogP contribution < -0.4 is 15.4 Å². The van der Waals surface area contributed by atoms with Crippen LogP contribution in [0.3, 0.4) is 0 Å². The highest BCUT2D eigenvalue weighted by Crippen LogP contribution is 2.30. The number of likely N-dealkylation sites (tertiary alicyclic amines) is 1. The van der Waals surface area contributed by atoms with Crippen LogP contribution in [-0.2, 0) is 56.6 Å². The quantitative estimate of drug-likeness (QED) is 0.214. The van der Waals surface area contributed by atoms with Crippen molar-refractivity contribution in [3.05, 3.63) is 47.8 Å². The van der Waals surface area contributed by atoms with Gasteiger partial charge in [0.25, 0.3) is 11.8 Å². The number of rotatable bonds is 11. The van der Waals surface area contributed by atoms with Gasteiger partial charge in [0.1, 0.15) is 23.5 Å². The maximum Gasteiger partial charge on any atom is 0.410 e. The lowest BCUT2D eigenvalue weighted by Gasteiger charge is -2.31. The molecule has 5 rings (SSSR count). The fraction of sp³-hybridized carbons (Fsp3) is 0.533. The lowest BCUT2D eigenvalue weighted by Crippen LogP contribution is -2.61. The standard InChI is InChI=1S/C30H36FN5O10S/c1-3-11-30(2,28(41)34-47(43,44)19-7-8-19)33-26(39)22-12-18(45-29(42)35-14-17-5-4-6-21(31)20(17)16-35)15-36(22)24(37)13-32-27(40)23-9-10-25(38)46-23/h3-6,18-19,22-23H,1,7-16H2,2H3,(H,32,40)(H,33,39)(H,34,41)/t18?,22-,23+,30-/m0/s1. The van der Waals surface area contributed by atoms with Crippen LogP contribution in [0.5, 0.6) is 0 Å². The van der Waals surface area contributed by atoms with Gasteiger partial charge in [-0.05, 0) is 37.8 Å². The van der Waals surface area contributed by atoms with Crippen molar-refractivity contribution < 1.29 is 51.0 Å². The fourth-order valence-electron chi connectivity index (χ4n) is 5.77. The van der Waals surface area contributed by atoms with Crippen molar-refractivity contribution in [3.63, 3.8) is 0 Å². The number of nitrogens with one attached hydrogen (secondary N) is 3. The monoisotopic (exact) mass is 677 g/mol. The summed E-state index contributed by atoms with van der Waals surface area (Å²) in [6.07, 6.45) is -0.861. The second-order valence-electron chi connectivity index (χ2n) is 12.3. The second-order valence-corrected chi connectivity index (χ2v) is 14.2. The Kier molecular flexibility index (Phi) is 9.56. The summed E-state index contributed by atoms with van der Waals surface area (Å²) in [6.45, 7) is 4.14. The first-order chi connectivity index (χ1) is 22.2. The molecular weight excluding hydrogens is 641 g/mol. The molecule has 3 heterocycles. The molecule has 5 amide bonds. The van der Waals surface area contributed by atoms with E-state index in [0.29, 0.717) is 24.0 Å². The van der Waals surface area contributed by atoms with E-state index < -0.39 is 87.1 Å². The van der Waals surface area contributed by atoms with E-state index in [0.717, 1.165) is 4.90 Å². The summed E-state index contributed by atoms with van der Waals surface area (Å²) < 4.78 is 51.8. The predicted octanol–water partition coefficient (Wildman–Crippen LogP) is 0.129. The molecule has 254 valence electrons. The van der Waals surface area contributed by atoms with Gasteiger partial charge in [0, 0.05) is 31.4 Å². The van der Waals surface area contributed by atoms with Crippen LogP contribution >= 0.6 is 0 Å². The minimum absolute atomic E-state index is 0.0311. The second kappa shape index (κ2) is 13.3. The number of halogens is 1. The molecule has 0 aromatic heterocycles. The minimum Gasteiger partial charge on any atom is -0.452 e. The van der Waals surface area contributed by atoms with E-state index in [9.17, 15) is 41.6 Å². The lowest BCUT2D eigenvalue weighted by atomic mass is 9.96. The van der Waals surface area contributed by atoms with Gasteiger partial charge < -0.3 is 25.0 Å². The van der Waals surface area contributed by atoms with E-state index in [1.807, 2.05) is 4.72 Å². The number of carbonyl (C=O) groups excluding carboxylic acids is 6. The third kappa shape index (κ3) is 7.55. The smallest absolute Gasteiger partial charge is 0.410 e. The average Bonchev–Trinajstić information content (AvgIpc) is 3.43. The van der Waals surface area contributed by atoms with E-state index in [1.54, 1.807) is 6.07 Å². The first kappa shape index (κ1) is 33.8. The Morgan fingerprint density at radius 1 is 1.15 bits per heavy atom. The van der Waals surface area contributed by atoms with Crippen molar-refractivity contribution in [1.29, 1.82) is 0 Å². The molecule has 47 heavy (non-hydrogen) atoms. The zero-order chi connectivity index (χ0) is 34.1. The SMILES string of the molecule is C=CC[C@](C)(NC(=O)[C@@H]1CC(OC(=O)N2Cc3cccc(F)c3C2)CN1C(=O)CNC(=O)[C@H]1CCC(=O)O1)C(=O)NS(=O)(=O)C1CC1. The number of benzene rings is 1.